The number of hydrogen-bond donors (Lipinski definition) is 0. The van der Waals surface area contributed by atoms with E-state index in [1.807, 2.05) is 11.3 Å². The lowest BCUT2D eigenvalue weighted by molar-refractivity contribution is -0.838. The van der Waals surface area contributed by atoms with Crippen LogP contribution >= 0.6 is 11.3 Å². The first kappa shape index (κ1) is 28.7. The molecule has 230 valence electrons. The average Bonchev–Trinajstić information content (AvgIpc) is 3.67. The van der Waals surface area contributed by atoms with E-state index in [1.165, 1.54) is 70.6 Å². The van der Waals surface area contributed by atoms with Gasteiger partial charge in [-0.25, -0.2) is 0 Å². The Morgan fingerprint density at radius 2 is 1.25 bits per heavy atom. The van der Waals surface area contributed by atoms with E-state index >= 15 is 0 Å². The van der Waals surface area contributed by atoms with Crippen LogP contribution in [0.2, 0.25) is 0 Å². The largest absolute Gasteiger partial charge is 0.282 e. The first-order valence-corrected chi connectivity index (χ1v) is 17.5. The van der Waals surface area contributed by atoms with Crippen molar-refractivity contribution in [2.45, 2.75) is 32.5 Å². The number of aryl methyl sites for hydroxylation is 2. The second-order valence-electron chi connectivity index (χ2n) is 12.9. The Balaban J connectivity index is 1.28. The zero-order valence-electron chi connectivity index (χ0n) is 27.1. The molecule has 3 nitrogen and oxygen atoms in total. The minimum Gasteiger partial charge on any atom is -0.191 e. The Morgan fingerprint density at radius 1 is 0.562 bits per heavy atom. The molecule has 0 saturated heterocycles. The van der Waals surface area contributed by atoms with Gasteiger partial charge >= 0.3 is 0 Å². The fourth-order valence-electron chi connectivity index (χ4n) is 7.90. The summed E-state index contributed by atoms with van der Waals surface area (Å²) in [4.78, 5) is 0. The van der Waals surface area contributed by atoms with Gasteiger partial charge in [-0.2, -0.15) is 13.7 Å². The summed E-state index contributed by atoms with van der Waals surface area (Å²) in [5, 5.41) is 2.66. The van der Waals surface area contributed by atoms with Gasteiger partial charge in [-0.15, -0.1) is 11.3 Å². The van der Waals surface area contributed by atoms with E-state index in [1.54, 1.807) is 0 Å². The van der Waals surface area contributed by atoms with Crippen molar-refractivity contribution in [2.24, 2.45) is 0 Å². The van der Waals surface area contributed by atoms with Gasteiger partial charge in [-0.05, 0) is 61.4 Å². The van der Waals surface area contributed by atoms with Crippen molar-refractivity contribution >= 4 is 31.5 Å². The van der Waals surface area contributed by atoms with Crippen LogP contribution in [0.25, 0.3) is 53.9 Å². The molecule has 0 bridgehead atoms. The summed E-state index contributed by atoms with van der Waals surface area (Å²) in [5.41, 5.74) is 11.6. The highest BCUT2D eigenvalue weighted by atomic mass is 32.1. The number of nitrogens with zero attached hydrogens (tertiary/aromatic N) is 3. The van der Waals surface area contributed by atoms with Crippen LogP contribution in [0.5, 0.6) is 0 Å². The Kier molecular flexibility index (Phi) is 6.98. The molecule has 1 aliphatic rings. The van der Waals surface area contributed by atoms with E-state index in [0.717, 1.165) is 6.54 Å². The molecule has 9 rings (SSSR count). The van der Waals surface area contributed by atoms with E-state index in [9.17, 15) is 0 Å². The summed E-state index contributed by atoms with van der Waals surface area (Å²) in [6, 6.07) is 51.2. The second-order valence-corrected chi connectivity index (χ2v) is 13.9. The summed E-state index contributed by atoms with van der Waals surface area (Å²) in [7, 11) is 0. The van der Waals surface area contributed by atoms with Crippen LogP contribution in [-0.4, -0.2) is 0 Å². The summed E-state index contributed by atoms with van der Waals surface area (Å²) in [6.07, 6.45) is 6.84. The average molecular weight is 639 g/mol. The highest BCUT2D eigenvalue weighted by Gasteiger charge is 2.49. The van der Waals surface area contributed by atoms with Gasteiger partial charge in [0.25, 0.3) is 12.1 Å². The van der Waals surface area contributed by atoms with Gasteiger partial charge in [0.2, 0.25) is 23.6 Å². The number of pyridine rings is 3. The lowest BCUT2D eigenvalue weighted by Crippen LogP contribution is -2.58. The fourth-order valence-corrected chi connectivity index (χ4v) is 9.21. The molecule has 1 aliphatic heterocycles. The van der Waals surface area contributed by atoms with Gasteiger partial charge in [0.05, 0.1) is 11.1 Å². The highest BCUT2D eigenvalue weighted by Crippen LogP contribution is 2.42. The molecule has 2 atom stereocenters. The van der Waals surface area contributed by atoms with Crippen molar-refractivity contribution in [3.63, 3.8) is 0 Å². The summed E-state index contributed by atoms with van der Waals surface area (Å²) < 4.78 is 10.2. The number of rotatable bonds is 6. The van der Waals surface area contributed by atoms with Gasteiger partial charge in [0, 0.05) is 67.7 Å². The van der Waals surface area contributed by atoms with Crippen molar-refractivity contribution < 1.29 is 13.7 Å². The maximum absolute atomic E-state index is 2.54. The smallest absolute Gasteiger partial charge is 0.191 e. The number of benzene rings is 4. The molecule has 8 aromatic rings. The van der Waals surface area contributed by atoms with E-state index in [4.69, 9.17) is 0 Å². The maximum Gasteiger partial charge on any atom is 0.282 e. The molecule has 4 aromatic carbocycles. The third kappa shape index (κ3) is 4.59. The summed E-state index contributed by atoms with van der Waals surface area (Å²) >= 11 is 1.91. The first-order valence-electron chi connectivity index (χ1n) is 16.7. The molecule has 0 aliphatic carbocycles. The Bertz CT molecular complexity index is 2450. The minimum absolute atomic E-state index is 0.0590. The van der Waals surface area contributed by atoms with Crippen molar-refractivity contribution in [1.82, 2.24) is 0 Å². The summed E-state index contributed by atoms with van der Waals surface area (Å²) in [5.74, 6) is 0. The van der Waals surface area contributed by atoms with Crippen molar-refractivity contribution in [3.05, 3.63) is 175 Å². The predicted octanol–water partition coefficient (Wildman–Crippen LogP) is 9.38. The lowest BCUT2D eigenvalue weighted by atomic mass is 9.95. The second kappa shape index (κ2) is 11.7. The number of hydrogen-bond acceptors (Lipinski definition) is 1. The van der Waals surface area contributed by atoms with E-state index in [0.29, 0.717) is 0 Å². The van der Waals surface area contributed by atoms with Crippen molar-refractivity contribution in [3.8, 4) is 33.8 Å². The molecule has 48 heavy (non-hydrogen) atoms. The van der Waals surface area contributed by atoms with E-state index < -0.39 is 0 Å². The zero-order chi connectivity index (χ0) is 32.2. The molecule has 5 heterocycles. The molecule has 0 amide bonds. The van der Waals surface area contributed by atoms with Crippen LogP contribution in [-0.2, 0) is 6.54 Å². The molecule has 0 spiro atoms. The predicted molar refractivity (Wildman–Crippen MR) is 196 cm³/mol. The van der Waals surface area contributed by atoms with Gasteiger partial charge < -0.3 is 0 Å². The quantitative estimate of drug-likeness (QED) is 0.161. The van der Waals surface area contributed by atoms with Crippen molar-refractivity contribution in [1.29, 1.82) is 0 Å². The van der Waals surface area contributed by atoms with Crippen LogP contribution < -0.4 is 13.7 Å². The van der Waals surface area contributed by atoms with E-state index in [2.05, 4.69) is 186 Å². The third-order valence-corrected chi connectivity index (χ3v) is 11.3. The highest BCUT2D eigenvalue weighted by molar-refractivity contribution is 7.26. The minimum atomic E-state index is 0.0590. The molecule has 0 N–H and O–H groups in total. The molecule has 0 radical (unpaired) electrons. The third-order valence-electron chi connectivity index (χ3n) is 10.1. The van der Waals surface area contributed by atoms with Gasteiger partial charge in [-0.3, -0.25) is 0 Å². The lowest BCUT2D eigenvalue weighted by Gasteiger charge is -2.19. The number of thiophene rings is 1. The molecular weight excluding hydrogens is 603 g/mol. The van der Waals surface area contributed by atoms with Crippen molar-refractivity contribution in [2.75, 3.05) is 0 Å². The van der Waals surface area contributed by atoms with Gasteiger partial charge in [0.15, 0.2) is 18.6 Å². The van der Waals surface area contributed by atoms with Gasteiger partial charge in [-0.1, -0.05) is 66.7 Å². The van der Waals surface area contributed by atoms with Crippen LogP contribution in [0.1, 0.15) is 28.8 Å². The molecule has 4 heteroatoms. The Labute approximate surface area is 285 Å². The van der Waals surface area contributed by atoms with Gasteiger partial charge in [0.1, 0.15) is 0 Å². The van der Waals surface area contributed by atoms with Crippen LogP contribution in [0.3, 0.4) is 0 Å². The Morgan fingerprint density at radius 3 is 2.12 bits per heavy atom. The zero-order valence-corrected chi connectivity index (χ0v) is 27.9. The number of fused-ring (bicyclic) bond motifs is 6. The van der Waals surface area contributed by atoms with Crippen LogP contribution in [0, 0.1) is 13.8 Å². The molecule has 0 fully saturated rings. The van der Waals surface area contributed by atoms with Crippen LogP contribution in [0.15, 0.2) is 158 Å². The van der Waals surface area contributed by atoms with Crippen LogP contribution in [0.4, 0.5) is 0 Å². The first-order chi connectivity index (χ1) is 23.7. The molecule has 2 unspecified atom stereocenters. The molecular formula is C44H36N3S+3. The molecule has 0 saturated carbocycles. The summed E-state index contributed by atoms with van der Waals surface area (Å²) in [6.45, 7) is 5.26. The Hall–Kier alpha value is -5.45. The maximum atomic E-state index is 2.54. The fraction of sp³-hybridized carbons (Fsp3) is 0.114. The topological polar surface area (TPSA) is 11.6 Å². The normalized spacial score (nSPS) is 14.2. The number of aromatic nitrogens is 3. The standard InChI is InChI=1S/C44H36N3S/c1-30-15-3-4-16-32(30)37-20-10-13-27-46(37)40(43-35-19-6-5-17-33(35)38-21-11-14-28-47(38)43)29-45-26-12-9-22-39(45)42-31(2)24-25-36-34-18-7-8-23-41(34)48-44(36)42/h3-28,40,43H,29H2,1-2H3/q+3. The monoisotopic (exact) mass is 638 g/mol. The SMILES string of the molecule is Cc1ccccc1-c1cccc[n+]1C(C[n+]1ccccc1-c1c(C)ccc2c1sc1ccccc12)C1c2ccccc2-c2cccc[n+]21. The van der Waals surface area contributed by atoms with E-state index in [-0.39, 0.29) is 12.1 Å². The molecule has 4 aromatic heterocycles.